The summed E-state index contributed by atoms with van der Waals surface area (Å²) in [5.74, 6) is 0.650. The molecule has 0 spiro atoms. The van der Waals surface area contributed by atoms with Gasteiger partial charge in [-0.3, -0.25) is 4.98 Å². The van der Waals surface area contributed by atoms with Gasteiger partial charge in [0.15, 0.2) is 0 Å². The molecule has 118 valence electrons. The van der Waals surface area contributed by atoms with Crippen LogP contribution in [0.2, 0.25) is 0 Å². The second-order valence-corrected chi connectivity index (χ2v) is 8.08. The minimum absolute atomic E-state index is 0.0312. The Balaban J connectivity index is 1.81. The largest absolute Gasteiger partial charge is 0.389 e. The van der Waals surface area contributed by atoms with Crippen LogP contribution in [0.4, 0.5) is 0 Å². The fraction of sp³-hybridized carbons (Fsp3) is 0.667. The summed E-state index contributed by atoms with van der Waals surface area (Å²) < 4.78 is 26.6. The number of aryl methyl sites for hydroxylation is 1. The Bertz CT molecular complexity index is 537. The third-order valence-electron chi connectivity index (χ3n) is 4.23. The molecule has 2 N–H and O–H groups in total. The highest BCUT2D eigenvalue weighted by Gasteiger charge is 2.32. The molecule has 0 atom stereocenters. The Morgan fingerprint density at radius 1 is 1.33 bits per heavy atom. The Labute approximate surface area is 126 Å². The lowest BCUT2D eigenvalue weighted by molar-refractivity contribution is -0.00182. The zero-order chi connectivity index (χ0) is 15.3. The third kappa shape index (κ3) is 5.37. The van der Waals surface area contributed by atoms with Gasteiger partial charge >= 0.3 is 0 Å². The van der Waals surface area contributed by atoms with Crippen molar-refractivity contribution in [1.29, 1.82) is 0 Å². The summed E-state index contributed by atoms with van der Waals surface area (Å²) in [6.07, 6.45) is 7.00. The second-order valence-electron chi connectivity index (χ2n) is 6.15. The van der Waals surface area contributed by atoms with Gasteiger partial charge in [-0.2, -0.15) is 0 Å². The SMILES string of the molecule is CC1CCC(O)(CNS(=O)(=O)CCc2ccncc2)CC1. The first-order chi connectivity index (χ1) is 9.89. The zero-order valence-electron chi connectivity index (χ0n) is 12.5. The Kier molecular flexibility index (Phi) is 5.35. The molecule has 1 saturated carbocycles. The lowest BCUT2D eigenvalue weighted by Gasteiger charge is -2.34. The van der Waals surface area contributed by atoms with E-state index in [1.807, 2.05) is 12.1 Å². The molecule has 1 fully saturated rings. The van der Waals surface area contributed by atoms with Crippen molar-refractivity contribution in [3.8, 4) is 0 Å². The van der Waals surface area contributed by atoms with Crippen molar-refractivity contribution < 1.29 is 13.5 Å². The van der Waals surface area contributed by atoms with Gasteiger partial charge in [-0.05, 0) is 55.7 Å². The van der Waals surface area contributed by atoms with E-state index in [9.17, 15) is 13.5 Å². The van der Waals surface area contributed by atoms with E-state index in [0.29, 0.717) is 25.2 Å². The molecule has 1 aromatic rings. The quantitative estimate of drug-likeness (QED) is 0.834. The lowest BCUT2D eigenvalue weighted by Crippen LogP contribution is -2.45. The van der Waals surface area contributed by atoms with Crippen LogP contribution in [0.15, 0.2) is 24.5 Å². The van der Waals surface area contributed by atoms with E-state index >= 15 is 0 Å². The van der Waals surface area contributed by atoms with Gasteiger partial charge in [-0.25, -0.2) is 13.1 Å². The molecule has 1 aliphatic rings. The van der Waals surface area contributed by atoms with E-state index < -0.39 is 15.6 Å². The normalized spacial score (nSPS) is 26.7. The van der Waals surface area contributed by atoms with Gasteiger partial charge in [0.2, 0.25) is 10.0 Å². The summed E-state index contributed by atoms with van der Waals surface area (Å²) in [7, 11) is -3.36. The molecule has 1 aliphatic carbocycles. The van der Waals surface area contributed by atoms with Crippen LogP contribution in [-0.4, -0.2) is 36.4 Å². The van der Waals surface area contributed by atoms with Crippen molar-refractivity contribution in [2.75, 3.05) is 12.3 Å². The average Bonchev–Trinajstić information content (AvgIpc) is 2.48. The number of aromatic nitrogens is 1. The van der Waals surface area contributed by atoms with Gasteiger partial charge in [0.25, 0.3) is 0 Å². The van der Waals surface area contributed by atoms with Crippen molar-refractivity contribution in [1.82, 2.24) is 9.71 Å². The summed E-state index contributed by atoms with van der Waals surface area (Å²) in [5, 5.41) is 10.4. The highest BCUT2D eigenvalue weighted by atomic mass is 32.2. The van der Waals surface area contributed by atoms with E-state index in [2.05, 4.69) is 16.6 Å². The van der Waals surface area contributed by atoms with Crippen LogP contribution in [0.5, 0.6) is 0 Å². The molecule has 2 rings (SSSR count). The Morgan fingerprint density at radius 2 is 1.95 bits per heavy atom. The number of pyridine rings is 1. The molecule has 0 radical (unpaired) electrons. The molecule has 0 bridgehead atoms. The number of aliphatic hydroxyl groups is 1. The van der Waals surface area contributed by atoms with Crippen LogP contribution < -0.4 is 4.72 Å². The van der Waals surface area contributed by atoms with E-state index in [1.165, 1.54) is 0 Å². The summed E-state index contributed by atoms with van der Waals surface area (Å²) in [4.78, 5) is 3.90. The predicted octanol–water partition coefficient (Wildman–Crippen LogP) is 1.48. The molecule has 21 heavy (non-hydrogen) atoms. The van der Waals surface area contributed by atoms with Crippen molar-refractivity contribution in [2.45, 2.75) is 44.6 Å². The number of nitrogens with zero attached hydrogens (tertiary/aromatic N) is 1. The lowest BCUT2D eigenvalue weighted by atomic mass is 9.80. The maximum atomic E-state index is 12.0. The van der Waals surface area contributed by atoms with Gasteiger partial charge in [-0.1, -0.05) is 6.92 Å². The zero-order valence-corrected chi connectivity index (χ0v) is 13.3. The highest BCUT2D eigenvalue weighted by Crippen LogP contribution is 2.31. The van der Waals surface area contributed by atoms with Crippen LogP contribution in [0.1, 0.15) is 38.2 Å². The smallest absolute Gasteiger partial charge is 0.212 e. The van der Waals surface area contributed by atoms with E-state index in [-0.39, 0.29) is 12.3 Å². The minimum Gasteiger partial charge on any atom is -0.389 e. The highest BCUT2D eigenvalue weighted by molar-refractivity contribution is 7.89. The Morgan fingerprint density at radius 3 is 2.57 bits per heavy atom. The monoisotopic (exact) mass is 312 g/mol. The number of rotatable bonds is 6. The number of hydrogen-bond acceptors (Lipinski definition) is 4. The molecule has 1 heterocycles. The van der Waals surface area contributed by atoms with Crippen molar-refractivity contribution in [3.63, 3.8) is 0 Å². The van der Waals surface area contributed by atoms with Crippen LogP contribution in [0, 0.1) is 5.92 Å². The maximum Gasteiger partial charge on any atom is 0.212 e. The minimum atomic E-state index is -3.36. The van der Waals surface area contributed by atoms with Crippen molar-refractivity contribution in [3.05, 3.63) is 30.1 Å². The molecule has 6 heteroatoms. The second kappa shape index (κ2) is 6.85. The number of nitrogens with one attached hydrogen (secondary N) is 1. The first-order valence-electron chi connectivity index (χ1n) is 7.47. The van der Waals surface area contributed by atoms with E-state index in [1.54, 1.807) is 12.4 Å². The number of sulfonamides is 1. The molecule has 0 amide bonds. The van der Waals surface area contributed by atoms with E-state index in [0.717, 1.165) is 18.4 Å². The molecule has 0 aliphatic heterocycles. The van der Waals surface area contributed by atoms with Crippen LogP contribution in [0.25, 0.3) is 0 Å². The van der Waals surface area contributed by atoms with E-state index in [4.69, 9.17) is 0 Å². The first-order valence-corrected chi connectivity index (χ1v) is 9.12. The van der Waals surface area contributed by atoms with Crippen molar-refractivity contribution >= 4 is 10.0 Å². The third-order valence-corrected chi connectivity index (χ3v) is 5.56. The number of hydrogen-bond donors (Lipinski definition) is 2. The average molecular weight is 312 g/mol. The van der Waals surface area contributed by atoms with Crippen LogP contribution >= 0.6 is 0 Å². The molecule has 0 unspecified atom stereocenters. The first kappa shape index (κ1) is 16.4. The fourth-order valence-corrected chi connectivity index (χ4v) is 3.73. The standard InChI is InChI=1S/C15H24N2O3S/c1-13-2-7-15(18,8-3-13)12-17-21(19,20)11-6-14-4-9-16-10-5-14/h4-5,9-10,13,17-18H,2-3,6-8,11-12H2,1H3. The summed E-state index contributed by atoms with van der Waals surface area (Å²) in [6.45, 7) is 2.29. The van der Waals surface area contributed by atoms with Gasteiger partial charge < -0.3 is 5.11 Å². The molecule has 0 saturated heterocycles. The molecule has 1 aromatic heterocycles. The molecular formula is C15H24N2O3S. The van der Waals surface area contributed by atoms with Gasteiger partial charge in [0.1, 0.15) is 0 Å². The fourth-order valence-electron chi connectivity index (χ4n) is 2.59. The summed E-state index contributed by atoms with van der Waals surface area (Å²) in [5.41, 5.74) is 0.0663. The van der Waals surface area contributed by atoms with Crippen LogP contribution in [0.3, 0.4) is 0 Å². The topological polar surface area (TPSA) is 79.3 Å². The van der Waals surface area contributed by atoms with Gasteiger partial charge in [0, 0.05) is 18.9 Å². The maximum absolute atomic E-state index is 12.0. The van der Waals surface area contributed by atoms with Gasteiger partial charge in [-0.15, -0.1) is 0 Å². The molecule has 5 nitrogen and oxygen atoms in total. The van der Waals surface area contributed by atoms with Crippen molar-refractivity contribution in [2.24, 2.45) is 5.92 Å². The molecule has 0 aromatic carbocycles. The molecular weight excluding hydrogens is 288 g/mol. The summed E-state index contributed by atoms with van der Waals surface area (Å²) >= 11 is 0. The predicted molar refractivity (Wildman–Crippen MR) is 82.3 cm³/mol. The van der Waals surface area contributed by atoms with Gasteiger partial charge in [0.05, 0.1) is 11.4 Å². The van der Waals surface area contributed by atoms with Crippen LogP contribution in [-0.2, 0) is 16.4 Å². The Hall–Kier alpha value is -0.980. The summed E-state index contributed by atoms with van der Waals surface area (Å²) in [6, 6.07) is 3.62.